The lowest BCUT2D eigenvalue weighted by Gasteiger charge is -2.11. The summed E-state index contributed by atoms with van der Waals surface area (Å²) in [5.74, 6) is 0.875. The van der Waals surface area contributed by atoms with Gasteiger partial charge in [0.2, 0.25) is 18.7 Å². The molecule has 1 aromatic carbocycles. The smallest absolute Gasteiger partial charge is 0.338 e. The highest BCUT2D eigenvalue weighted by molar-refractivity contribution is 6.32. The van der Waals surface area contributed by atoms with Crippen LogP contribution in [0.15, 0.2) is 12.1 Å². The lowest BCUT2D eigenvalue weighted by Crippen LogP contribution is -2.17. The van der Waals surface area contributed by atoms with Crippen LogP contribution in [0.2, 0.25) is 5.02 Å². The van der Waals surface area contributed by atoms with Gasteiger partial charge in [-0.2, -0.15) is 15.0 Å². The van der Waals surface area contributed by atoms with Gasteiger partial charge in [-0.05, 0) is 12.1 Å². The molecule has 0 unspecified atom stereocenters. The van der Waals surface area contributed by atoms with Gasteiger partial charge < -0.3 is 24.8 Å². The van der Waals surface area contributed by atoms with E-state index in [2.05, 4.69) is 15.0 Å². The summed E-state index contributed by atoms with van der Waals surface area (Å²) >= 11 is 6.04. The summed E-state index contributed by atoms with van der Waals surface area (Å²) in [6.07, 6.45) is 0. The number of ether oxygens (including phenoxy) is 3. The second-order valence-corrected chi connectivity index (χ2v) is 5.48. The van der Waals surface area contributed by atoms with Gasteiger partial charge in [0.25, 0.3) is 0 Å². The monoisotopic (exact) mass is 351 g/mol. The number of nitrogen functional groups attached to an aromatic ring is 1. The first kappa shape index (κ1) is 16.1. The zero-order valence-corrected chi connectivity index (χ0v) is 13.7. The Balaban J connectivity index is 1.73. The number of carbonyl (C=O) groups excluding carboxylic acids is 1. The van der Waals surface area contributed by atoms with Crippen molar-refractivity contribution < 1.29 is 19.0 Å². The summed E-state index contributed by atoms with van der Waals surface area (Å²) in [4.78, 5) is 25.9. The third kappa shape index (κ3) is 3.25. The maximum absolute atomic E-state index is 12.2. The lowest BCUT2D eigenvalue weighted by molar-refractivity contribution is 0.0461. The van der Waals surface area contributed by atoms with Crippen molar-refractivity contribution in [1.29, 1.82) is 0 Å². The number of hydrogen-bond acceptors (Lipinski definition) is 9. The van der Waals surface area contributed by atoms with Crippen molar-refractivity contribution in [2.45, 2.75) is 6.61 Å². The number of anilines is 2. The van der Waals surface area contributed by atoms with E-state index in [4.69, 9.17) is 31.5 Å². The van der Waals surface area contributed by atoms with E-state index >= 15 is 0 Å². The lowest BCUT2D eigenvalue weighted by atomic mass is 10.2. The van der Waals surface area contributed by atoms with Crippen LogP contribution in [-0.4, -0.2) is 41.8 Å². The van der Waals surface area contributed by atoms with Gasteiger partial charge in [-0.25, -0.2) is 4.79 Å². The molecule has 0 saturated carbocycles. The molecule has 2 heterocycles. The Kier molecular flexibility index (Phi) is 4.26. The first-order valence-corrected chi connectivity index (χ1v) is 7.26. The number of carbonyl (C=O) groups is 1. The number of aromatic nitrogens is 3. The van der Waals surface area contributed by atoms with Gasteiger partial charge in [0.1, 0.15) is 0 Å². The van der Waals surface area contributed by atoms with Crippen LogP contribution in [0.4, 0.5) is 11.9 Å². The molecule has 0 atom stereocenters. The summed E-state index contributed by atoms with van der Waals surface area (Å²) in [6, 6.07) is 2.95. The molecule has 0 radical (unpaired) electrons. The summed E-state index contributed by atoms with van der Waals surface area (Å²) in [5, 5.41) is 0.274. The average molecular weight is 352 g/mol. The molecule has 0 bridgehead atoms. The maximum atomic E-state index is 12.2. The summed E-state index contributed by atoms with van der Waals surface area (Å²) in [7, 11) is 3.53. The van der Waals surface area contributed by atoms with Crippen molar-refractivity contribution in [3.05, 3.63) is 28.5 Å². The Labute approximate surface area is 142 Å². The number of halogens is 1. The zero-order valence-electron chi connectivity index (χ0n) is 12.9. The molecule has 3 rings (SSSR count). The number of nitrogens with two attached hydrogens (primary N) is 1. The fraction of sp³-hybridized carbons (Fsp3) is 0.286. The molecule has 9 nitrogen and oxygen atoms in total. The Hall–Kier alpha value is -2.81. The predicted octanol–water partition coefficient (Wildman–Crippen LogP) is 1.26. The number of hydrogen-bond donors (Lipinski definition) is 1. The topological polar surface area (TPSA) is 113 Å². The number of nitrogens with zero attached hydrogens (tertiary/aromatic N) is 4. The molecule has 0 amide bonds. The zero-order chi connectivity index (χ0) is 17.3. The van der Waals surface area contributed by atoms with Crippen LogP contribution in [0.3, 0.4) is 0 Å². The molecular weight excluding hydrogens is 338 g/mol. The molecule has 0 saturated heterocycles. The minimum Gasteiger partial charge on any atom is -0.454 e. The highest BCUT2D eigenvalue weighted by Crippen LogP contribution is 2.39. The Morgan fingerprint density at radius 2 is 2.12 bits per heavy atom. The fourth-order valence-corrected chi connectivity index (χ4v) is 2.25. The molecular formula is C14H14ClN5O4. The Morgan fingerprint density at radius 3 is 2.88 bits per heavy atom. The van der Waals surface area contributed by atoms with E-state index in [0.29, 0.717) is 17.4 Å². The second kappa shape index (κ2) is 6.36. The third-order valence-electron chi connectivity index (χ3n) is 3.08. The van der Waals surface area contributed by atoms with Gasteiger partial charge in [-0.3, -0.25) is 0 Å². The minimum absolute atomic E-state index is 0.0471. The van der Waals surface area contributed by atoms with Crippen molar-refractivity contribution in [3.63, 3.8) is 0 Å². The van der Waals surface area contributed by atoms with Crippen molar-refractivity contribution in [2.24, 2.45) is 0 Å². The van der Waals surface area contributed by atoms with Gasteiger partial charge in [0, 0.05) is 14.1 Å². The maximum Gasteiger partial charge on any atom is 0.338 e. The number of benzene rings is 1. The quantitative estimate of drug-likeness (QED) is 0.813. The summed E-state index contributed by atoms with van der Waals surface area (Å²) in [5.41, 5.74) is 5.85. The van der Waals surface area contributed by atoms with E-state index in [-0.39, 0.29) is 35.8 Å². The largest absolute Gasteiger partial charge is 0.454 e. The standard InChI is InChI=1S/C14H14ClN5O4/c1-20(2)14-18-10(17-13(16)19-14)5-22-12(21)7-3-8(15)11-9(4-7)23-6-24-11/h3-4H,5-6H2,1-2H3,(H2,16,17,18,19). The van der Waals surface area contributed by atoms with Gasteiger partial charge in [-0.15, -0.1) is 0 Å². The predicted molar refractivity (Wildman–Crippen MR) is 85.3 cm³/mol. The second-order valence-electron chi connectivity index (χ2n) is 5.07. The van der Waals surface area contributed by atoms with E-state index in [1.54, 1.807) is 19.0 Å². The van der Waals surface area contributed by atoms with Gasteiger partial charge in [0.15, 0.2) is 23.9 Å². The van der Waals surface area contributed by atoms with Crippen LogP contribution in [0.1, 0.15) is 16.2 Å². The fourth-order valence-electron chi connectivity index (χ4n) is 1.99. The van der Waals surface area contributed by atoms with Crippen molar-refractivity contribution >= 4 is 29.5 Å². The molecule has 2 N–H and O–H groups in total. The van der Waals surface area contributed by atoms with Crippen LogP contribution in [0.5, 0.6) is 11.5 Å². The van der Waals surface area contributed by atoms with Crippen molar-refractivity contribution in [2.75, 3.05) is 31.5 Å². The Morgan fingerprint density at radius 1 is 1.33 bits per heavy atom. The number of rotatable bonds is 4. The van der Waals surface area contributed by atoms with E-state index in [0.717, 1.165) is 0 Å². The summed E-state index contributed by atoms with van der Waals surface area (Å²) in [6.45, 7) is -0.0938. The molecule has 10 heteroatoms. The van der Waals surface area contributed by atoms with Crippen molar-refractivity contribution in [3.8, 4) is 11.5 Å². The molecule has 1 aromatic heterocycles. The van der Waals surface area contributed by atoms with E-state index < -0.39 is 5.97 Å². The number of fused-ring (bicyclic) bond motifs is 1. The van der Waals surface area contributed by atoms with Gasteiger partial charge in [0.05, 0.1) is 10.6 Å². The molecule has 1 aliphatic rings. The molecule has 24 heavy (non-hydrogen) atoms. The van der Waals surface area contributed by atoms with E-state index in [1.165, 1.54) is 12.1 Å². The van der Waals surface area contributed by atoms with Crippen molar-refractivity contribution in [1.82, 2.24) is 15.0 Å². The van der Waals surface area contributed by atoms with E-state index in [1.807, 2.05) is 0 Å². The average Bonchev–Trinajstić information content (AvgIpc) is 3.01. The van der Waals surface area contributed by atoms with Gasteiger partial charge in [-0.1, -0.05) is 11.6 Å². The molecule has 2 aromatic rings. The van der Waals surface area contributed by atoms with Crippen LogP contribution in [-0.2, 0) is 11.3 Å². The molecule has 0 spiro atoms. The van der Waals surface area contributed by atoms with Crippen LogP contribution in [0.25, 0.3) is 0 Å². The van der Waals surface area contributed by atoms with Crippen LogP contribution in [0, 0.1) is 0 Å². The molecule has 1 aliphatic heterocycles. The number of esters is 1. The van der Waals surface area contributed by atoms with E-state index in [9.17, 15) is 4.79 Å². The summed E-state index contributed by atoms with van der Waals surface area (Å²) < 4.78 is 15.6. The Bertz CT molecular complexity index is 799. The highest BCUT2D eigenvalue weighted by atomic mass is 35.5. The first-order valence-electron chi connectivity index (χ1n) is 6.88. The highest BCUT2D eigenvalue weighted by Gasteiger charge is 2.21. The molecule has 0 fully saturated rings. The SMILES string of the molecule is CN(C)c1nc(N)nc(COC(=O)c2cc(Cl)c3c(c2)OCO3)n1. The normalized spacial score (nSPS) is 12.1. The van der Waals surface area contributed by atoms with Crippen LogP contribution >= 0.6 is 11.6 Å². The minimum atomic E-state index is -0.597. The molecule has 0 aliphatic carbocycles. The van der Waals surface area contributed by atoms with Crippen LogP contribution < -0.4 is 20.1 Å². The van der Waals surface area contributed by atoms with Gasteiger partial charge >= 0.3 is 5.97 Å². The third-order valence-corrected chi connectivity index (χ3v) is 3.36. The first-order chi connectivity index (χ1) is 11.4. The molecule has 126 valence electrons.